The number of carbonyl (C=O) groups excluding carboxylic acids is 1. The van der Waals surface area contributed by atoms with Crippen LogP contribution in [0.4, 0.5) is 8.78 Å². The molecule has 1 fully saturated rings. The van der Waals surface area contributed by atoms with Crippen molar-refractivity contribution < 1.29 is 18.3 Å². The molecule has 0 bridgehead atoms. The lowest BCUT2D eigenvalue weighted by molar-refractivity contribution is -0.126. The highest BCUT2D eigenvalue weighted by molar-refractivity contribution is 5.94. The van der Waals surface area contributed by atoms with Crippen molar-refractivity contribution in [1.82, 2.24) is 19.3 Å². The Morgan fingerprint density at radius 1 is 1.17 bits per heavy atom. The number of likely N-dealkylation sites (tertiary alicyclic amines) is 1. The van der Waals surface area contributed by atoms with Crippen molar-refractivity contribution in [3.63, 3.8) is 0 Å². The summed E-state index contributed by atoms with van der Waals surface area (Å²) >= 11 is 0. The van der Waals surface area contributed by atoms with Crippen LogP contribution >= 0.6 is 0 Å². The third-order valence-corrected chi connectivity index (χ3v) is 6.09. The van der Waals surface area contributed by atoms with E-state index in [1.165, 1.54) is 18.2 Å². The molecule has 0 spiro atoms. The Bertz CT molecular complexity index is 1430. The fourth-order valence-electron chi connectivity index (χ4n) is 4.40. The van der Waals surface area contributed by atoms with Gasteiger partial charge in [-0.05, 0) is 62.1 Å². The highest BCUT2D eigenvalue weighted by Crippen LogP contribution is 2.35. The summed E-state index contributed by atoms with van der Waals surface area (Å²) in [5, 5.41) is 0. The quantitative estimate of drug-likeness (QED) is 0.386. The second-order valence-corrected chi connectivity index (χ2v) is 8.20. The number of nitrogens with zero attached hydrogens (tertiary/aromatic N) is 4. The highest BCUT2D eigenvalue weighted by atomic mass is 19.1. The fourth-order valence-corrected chi connectivity index (χ4v) is 4.40. The van der Waals surface area contributed by atoms with Gasteiger partial charge in [0.25, 0.3) is 5.91 Å². The molecule has 0 N–H and O–H groups in total. The van der Waals surface area contributed by atoms with Gasteiger partial charge < -0.3 is 9.64 Å². The molecule has 3 heterocycles. The standard InChI is InChI=1S/C27H22F2N4O2/c1-2-5-25(34)32-14-4-8-23(32)27-31-26(24-16-30-13-15-33(24)27)18-9-11-19(12-10-18)35-17-20-21(28)6-3-7-22(20)29/h3,6-7,9-13,15-16,23H,4,8,14,17H2,1H3/t23-/m0/s1. The Kier molecular flexibility index (Phi) is 6.15. The van der Waals surface area contributed by atoms with Gasteiger partial charge in [0.15, 0.2) is 0 Å². The lowest BCUT2D eigenvalue weighted by Crippen LogP contribution is -2.30. The molecule has 1 aliphatic heterocycles. The molecule has 0 radical (unpaired) electrons. The number of amides is 1. The monoisotopic (exact) mass is 472 g/mol. The maximum atomic E-state index is 13.9. The Morgan fingerprint density at radius 3 is 2.69 bits per heavy atom. The van der Waals surface area contributed by atoms with Crippen LogP contribution in [-0.4, -0.2) is 31.7 Å². The number of rotatable bonds is 5. The summed E-state index contributed by atoms with van der Waals surface area (Å²) in [7, 11) is 0. The fraction of sp³-hybridized carbons (Fsp3) is 0.222. The first-order valence-electron chi connectivity index (χ1n) is 11.3. The molecule has 6 nitrogen and oxygen atoms in total. The molecule has 1 atom stereocenters. The van der Waals surface area contributed by atoms with Crippen LogP contribution in [0.1, 0.15) is 37.2 Å². The minimum absolute atomic E-state index is 0.115. The van der Waals surface area contributed by atoms with Crippen LogP contribution in [0.3, 0.4) is 0 Å². The molecule has 1 amide bonds. The number of hydrogen-bond acceptors (Lipinski definition) is 4. The van der Waals surface area contributed by atoms with Crippen molar-refractivity contribution in [2.75, 3.05) is 6.54 Å². The molecule has 1 aliphatic rings. The summed E-state index contributed by atoms with van der Waals surface area (Å²) in [6.07, 6.45) is 6.95. The molecular formula is C27H22F2N4O2. The number of imidazole rings is 1. The SMILES string of the molecule is CC#CC(=O)N1CCC[C@H]1c1nc(-c2ccc(OCc3c(F)cccc3F)cc2)c2cnccn12. The topological polar surface area (TPSA) is 59.7 Å². The van der Waals surface area contributed by atoms with E-state index in [1.807, 2.05) is 22.7 Å². The molecule has 4 aromatic rings. The molecular weight excluding hydrogens is 450 g/mol. The number of halogens is 2. The van der Waals surface area contributed by atoms with Gasteiger partial charge in [0.2, 0.25) is 0 Å². The zero-order valence-corrected chi connectivity index (χ0v) is 19.0. The Hall–Kier alpha value is -4.25. The molecule has 2 aromatic heterocycles. The minimum Gasteiger partial charge on any atom is -0.489 e. The predicted octanol–water partition coefficient (Wildman–Crippen LogP) is 4.94. The van der Waals surface area contributed by atoms with E-state index >= 15 is 0 Å². The summed E-state index contributed by atoms with van der Waals surface area (Å²) in [5.74, 6) is 5.07. The lowest BCUT2D eigenvalue weighted by Gasteiger charge is -2.21. The molecule has 1 saturated heterocycles. The first kappa shape index (κ1) is 22.5. The molecule has 5 rings (SSSR count). The van der Waals surface area contributed by atoms with E-state index in [1.54, 1.807) is 36.4 Å². The third-order valence-electron chi connectivity index (χ3n) is 6.09. The van der Waals surface area contributed by atoms with Gasteiger partial charge in [0.05, 0.1) is 29.0 Å². The summed E-state index contributed by atoms with van der Waals surface area (Å²) in [6, 6.07) is 10.7. The van der Waals surface area contributed by atoms with E-state index < -0.39 is 11.6 Å². The smallest absolute Gasteiger partial charge is 0.299 e. The van der Waals surface area contributed by atoms with E-state index in [0.29, 0.717) is 12.3 Å². The van der Waals surface area contributed by atoms with Crippen molar-refractivity contribution in [3.05, 3.63) is 84.1 Å². The molecule has 2 aromatic carbocycles. The first-order chi connectivity index (χ1) is 17.1. The van der Waals surface area contributed by atoms with E-state index in [0.717, 1.165) is 35.4 Å². The number of ether oxygens (including phenoxy) is 1. The van der Waals surface area contributed by atoms with Crippen LogP contribution in [0.5, 0.6) is 5.75 Å². The maximum absolute atomic E-state index is 13.9. The second-order valence-electron chi connectivity index (χ2n) is 8.20. The summed E-state index contributed by atoms with van der Waals surface area (Å²) in [6.45, 7) is 2.07. The van der Waals surface area contributed by atoms with Gasteiger partial charge in [-0.25, -0.2) is 13.8 Å². The highest BCUT2D eigenvalue weighted by Gasteiger charge is 2.33. The lowest BCUT2D eigenvalue weighted by atomic mass is 10.1. The number of benzene rings is 2. The van der Waals surface area contributed by atoms with Crippen molar-refractivity contribution in [3.8, 4) is 28.8 Å². The predicted molar refractivity (Wildman–Crippen MR) is 126 cm³/mol. The summed E-state index contributed by atoms with van der Waals surface area (Å²) in [4.78, 5) is 23.5. The first-order valence-corrected chi connectivity index (χ1v) is 11.3. The van der Waals surface area contributed by atoms with E-state index in [2.05, 4.69) is 16.8 Å². The number of hydrogen-bond donors (Lipinski definition) is 0. The van der Waals surface area contributed by atoms with Gasteiger partial charge >= 0.3 is 0 Å². The molecule has 8 heteroatoms. The van der Waals surface area contributed by atoms with Crippen molar-refractivity contribution in [2.45, 2.75) is 32.4 Å². The Labute approximate surface area is 201 Å². The normalized spacial score (nSPS) is 15.2. The van der Waals surface area contributed by atoms with Crippen LogP contribution in [0.2, 0.25) is 0 Å². The average molecular weight is 472 g/mol. The second kappa shape index (κ2) is 9.55. The molecule has 0 saturated carbocycles. The van der Waals surface area contributed by atoms with Crippen LogP contribution < -0.4 is 4.74 Å². The molecule has 176 valence electrons. The van der Waals surface area contributed by atoms with E-state index in [-0.39, 0.29) is 24.1 Å². The van der Waals surface area contributed by atoms with E-state index in [4.69, 9.17) is 9.72 Å². The Morgan fingerprint density at radius 2 is 1.94 bits per heavy atom. The number of fused-ring (bicyclic) bond motifs is 1. The van der Waals surface area contributed by atoms with Gasteiger partial charge in [-0.15, -0.1) is 0 Å². The summed E-state index contributed by atoms with van der Waals surface area (Å²) in [5.41, 5.74) is 2.25. The van der Waals surface area contributed by atoms with E-state index in [9.17, 15) is 13.6 Å². The third kappa shape index (κ3) is 4.33. The van der Waals surface area contributed by atoms with Crippen molar-refractivity contribution in [1.29, 1.82) is 0 Å². The average Bonchev–Trinajstić information content (AvgIpc) is 3.49. The largest absolute Gasteiger partial charge is 0.489 e. The van der Waals surface area contributed by atoms with Crippen LogP contribution in [0.25, 0.3) is 16.8 Å². The van der Waals surface area contributed by atoms with Crippen LogP contribution in [-0.2, 0) is 11.4 Å². The Balaban J connectivity index is 1.43. The maximum Gasteiger partial charge on any atom is 0.299 e. The summed E-state index contributed by atoms with van der Waals surface area (Å²) < 4.78 is 35.3. The molecule has 0 aliphatic carbocycles. The van der Waals surface area contributed by atoms with Gasteiger partial charge in [0, 0.05) is 24.5 Å². The zero-order valence-electron chi connectivity index (χ0n) is 19.0. The van der Waals surface area contributed by atoms with Crippen LogP contribution in [0, 0.1) is 23.5 Å². The number of carbonyl (C=O) groups is 1. The molecule has 0 unspecified atom stereocenters. The van der Waals surface area contributed by atoms with Gasteiger partial charge in [-0.1, -0.05) is 12.0 Å². The van der Waals surface area contributed by atoms with Crippen LogP contribution in [0.15, 0.2) is 61.1 Å². The number of aromatic nitrogens is 3. The molecule has 35 heavy (non-hydrogen) atoms. The zero-order chi connectivity index (χ0) is 24.4. The van der Waals surface area contributed by atoms with Gasteiger partial charge in [-0.2, -0.15) is 0 Å². The van der Waals surface area contributed by atoms with Gasteiger partial charge in [-0.3, -0.25) is 14.2 Å². The van der Waals surface area contributed by atoms with Gasteiger partial charge in [0.1, 0.15) is 29.8 Å². The van der Waals surface area contributed by atoms with Crippen molar-refractivity contribution in [2.24, 2.45) is 0 Å². The van der Waals surface area contributed by atoms with Crippen molar-refractivity contribution >= 4 is 11.4 Å². The minimum atomic E-state index is -0.643.